The zero-order valence-electron chi connectivity index (χ0n) is 14.0. The largest absolute Gasteiger partial charge is 0.379 e. The summed E-state index contributed by atoms with van der Waals surface area (Å²) in [5.41, 5.74) is 1.59. The van der Waals surface area contributed by atoms with Crippen LogP contribution in [0.2, 0.25) is 10.0 Å². The number of carbonyl (C=O) groups is 1. The third kappa shape index (κ3) is 5.28. The van der Waals surface area contributed by atoms with Crippen molar-refractivity contribution in [1.82, 2.24) is 14.7 Å². The van der Waals surface area contributed by atoms with Crippen LogP contribution in [0.4, 0.5) is 0 Å². The zero-order valence-corrected chi connectivity index (χ0v) is 15.5. The number of halogens is 2. The molecule has 25 heavy (non-hydrogen) atoms. The molecule has 0 N–H and O–H groups in total. The lowest BCUT2D eigenvalue weighted by atomic mass is 10.1. The number of hydrogen-bond acceptors (Lipinski definition) is 4. The molecule has 0 amide bonds. The molecule has 0 spiro atoms. The number of rotatable bonds is 7. The molecule has 0 bridgehead atoms. The Kier molecular flexibility index (Phi) is 6.48. The number of morpholine rings is 1. The average molecular weight is 382 g/mol. The second-order valence-corrected chi connectivity index (χ2v) is 6.94. The van der Waals surface area contributed by atoms with Crippen LogP contribution in [-0.4, -0.2) is 53.3 Å². The Morgan fingerprint density at radius 3 is 2.72 bits per heavy atom. The molecule has 0 radical (unpaired) electrons. The zero-order chi connectivity index (χ0) is 17.6. The lowest BCUT2D eigenvalue weighted by molar-refractivity contribution is -0.118. The van der Waals surface area contributed by atoms with Gasteiger partial charge >= 0.3 is 0 Å². The van der Waals surface area contributed by atoms with Crippen LogP contribution in [0.15, 0.2) is 30.5 Å². The quantitative estimate of drug-likeness (QED) is 0.737. The number of benzene rings is 1. The first-order chi connectivity index (χ1) is 12.1. The van der Waals surface area contributed by atoms with Crippen LogP contribution < -0.4 is 0 Å². The summed E-state index contributed by atoms with van der Waals surface area (Å²) < 4.78 is 7.03. The second-order valence-electron chi connectivity index (χ2n) is 6.12. The molecule has 2 heterocycles. The molecule has 2 aromatic rings. The van der Waals surface area contributed by atoms with Crippen molar-refractivity contribution in [3.05, 3.63) is 46.2 Å². The van der Waals surface area contributed by atoms with Gasteiger partial charge in [0.05, 0.1) is 41.1 Å². The summed E-state index contributed by atoms with van der Waals surface area (Å²) in [5.74, 6) is 0.215. The fourth-order valence-corrected chi connectivity index (χ4v) is 3.13. The van der Waals surface area contributed by atoms with Crippen molar-refractivity contribution in [2.45, 2.75) is 19.3 Å². The summed E-state index contributed by atoms with van der Waals surface area (Å²) in [7, 11) is 0. The Labute approximate surface area is 157 Å². The third-order valence-electron chi connectivity index (χ3n) is 4.22. The van der Waals surface area contributed by atoms with E-state index in [4.69, 9.17) is 27.9 Å². The fourth-order valence-electron chi connectivity index (χ4n) is 2.84. The van der Waals surface area contributed by atoms with Gasteiger partial charge in [-0.25, -0.2) is 4.68 Å². The van der Waals surface area contributed by atoms with E-state index in [2.05, 4.69) is 10.00 Å². The molecule has 3 rings (SSSR count). The first-order valence-electron chi connectivity index (χ1n) is 8.43. The van der Waals surface area contributed by atoms with Gasteiger partial charge in [-0.3, -0.25) is 9.69 Å². The molecule has 1 saturated heterocycles. The van der Waals surface area contributed by atoms with E-state index < -0.39 is 0 Å². The molecular formula is C18H21Cl2N3O2. The van der Waals surface area contributed by atoms with Crippen molar-refractivity contribution in [2.75, 3.05) is 32.8 Å². The van der Waals surface area contributed by atoms with Gasteiger partial charge in [-0.15, -0.1) is 0 Å². The van der Waals surface area contributed by atoms with Crippen LogP contribution >= 0.6 is 23.2 Å². The molecule has 1 aromatic heterocycles. The minimum absolute atomic E-state index is 0.215. The SMILES string of the molecule is O=C(CCCN1CCOCC1)Cc1ccn(-c2ccc(Cl)c(Cl)c2)n1. The second kappa shape index (κ2) is 8.81. The topological polar surface area (TPSA) is 47.4 Å². The number of Topliss-reactive ketones (excluding diaryl/α,β-unsaturated/α-hetero) is 1. The number of hydrogen-bond donors (Lipinski definition) is 0. The number of ketones is 1. The summed E-state index contributed by atoms with van der Waals surface area (Å²) >= 11 is 12.0. The molecule has 0 atom stereocenters. The number of aromatic nitrogens is 2. The van der Waals surface area contributed by atoms with E-state index in [0.717, 1.165) is 50.7 Å². The van der Waals surface area contributed by atoms with Crippen LogP contribution in [-0.2, 0) is 16.0 Å². The van der Waals surface area contributed by atoms with Crippen molar-refractivity contribution < 1.29 is 9.53 Å². The predicted molar refractivity (Wildman–Crippen MR) is 98.8 cm³/mol. The monoisotopic (exact) mass is 381 g/mol. The molecule has 0 unspecified atom stereocenters. The standard InChI is InChI=1S/C18H21Cl2N3O2/c19-17-4-3-15(13-18(17)20)23-7-5-14(21-23)12-16(24)2-1-6-22-8-10-25-11-9-22/h3-5,7,13H,1-2,6,8-12H2. The Morgan fingerprint density at radius 2 is 1.96 bits per heavy atom. The van der Waals surface area contributed by atoms with E-state index >= 15 is 0 Å². The van der Waals surface area contributed by atoms with Crippen LogP contribution in [0, 0.1) is 0 Å². The smallest absolute Gasteiger partial charge is 0.138 e. The Morgan fingerprint density at radius 1 is 1.16 bits per heavy atom. The molecule has 1 aromatic carbocycles. The molecule has 1 fully saturated rings. The highest BCUT2D eigenvalue weighted by Gasteiger charge is 2.12. The maximum absolute atomic E-state index is 12.2. The van der Waals surface area contributed by atoms with E-state index in [1.54, 1.807) is 16.8 Å². The van der Waals surface area contributed by atoms with E-state index in [1.807, 2.05) is 18.3 Å². The van der Waals surface area contributed by atoms with Gasteiger partial charge in [0.1, 0.15) is 5.78 Å². The highest BCUT2D eigenvalue weighted by atomic mass is 35.5. The summed E-state index contributed by atoms with van der Waals surface area (Å²) in [6.45, 7) is 4.46. The first kappa shape index (κ1) is 18.4. The molecule has 134 valence electrons. The lowest BCUT2D eigenvalue weighted by Gasteiger charge is -2.26. The van der Waals surface area contributed by atoms with Gasteiger partial charge in [0.25, 0.3) is 0 Å². The van der Waals surface area contributed by atoms with Crippen LogP contribution in [0.5, 0.6) is 0 Å². The summed E-state index contributed by atoms with van der Waals surface area (Å²) in [6, 6.07) is 7.19. The highest BCUT2D eigenvalue weighted by molar-refractivity contribution is 6.42. The molecule has 5 nitrogen and oxygen atoms in total. The van der Waals surface area contributed by atoms with Crippen molar-refractivity contribution in [1.29, 1.82) is 0 Å². The van der Waals surface area contributed by atoms with Crippen LogP contribution in [0.25, 0.3) is 5.69 Å². The maximum Gasteiger partial charge on any atom is 0.138 e. The fraction of sp³-hybridized carbons (Fsp3) is 0.444. The summed E-state index contributed by atoms with van der Waals surface area (Å²) in [4.78, 5) is 14.5. The normalized spacial score (nSPS) is 15.4. The summed E-state index contributed by atoms with van der Waals surface area (Å²) in [5, 5.41) is 5.45. The van der Waals surface area contributed by atoms with Gasteiger partial charge in [-0.1, -0.05) is 23.2 Å². The van der Waals surface area contributed by atoms with Gasteiger partial charge in [-0.2, -0.15) is 5.10 Å². The number of ether oxygens (including phenoxy) is 1. The molecule has 7 heteroatoms. The molecular weight excluding hydrogens is 361 g/mol. The van der Waals surface area contributed by atoms with Gasteiger partial charge in [0.15, 0.2) is 0 Å². The average Bonchev–Trinajstić information content (AvgIpc) is 3.06. The van der Waals surface area contributed by atoms with E-state index in [1.165, 1.54) is 0 Å². The Balaban J connectivity index is 1.48. The van der Waals surface area contributed by atoms with Crippen LogP contribution in [0.1, 0.15) is 18.5 Å². The van der Waals surface area contributed by atoms with Gasteiger partial charge < -0.3 is 4.74 Å². The van der Waals surface area contributed by atoms with Gasteiger partial charge in [0, 0.05) is 25.7 Å². The van der Waals surface area contributed by atoms with Crippen molar-refractivity contribution >= 4 is 29.0 Å². The van der Waals surface area contributed by atoms with Crippen molar-refractivity contribution in [3.63, 3.8) is 0 Å². The number of carbonyl (C=O) groups excluding carboxylic acids is 1. The molecule has 1 aliphatic rings. The van der Waals surface area contributed by atoms with Crippen molar-refractivity contribution in [2.24, 2.45) is 0 Å². The van der Waals surface area contributed by atoms with E-state index in [9.17, 15) is 4.79 Å². The van der Waals surface area contributed by atoms with Crippen LogP contribution in [0.3, 0.4) is 0 Å². The molecule has 0 aliphatic carbocycles. The lowest BCUT2D eigenvalue weighted by Crippen LogP contribution is -2.37. The minimum Gasteiger partial charge on any atom is -0.379 e. The molecule has 1 aliphatic heterocycles. The number of nitrogens with zero attached hydrogens (tertiary/aromatic N) is 3. The third-order valence-corrected chi connectivity index (χ3v) is 4.96. The van der Waals surface area contributed by atoms with E-state index in [0.29, 0.717) is 22.9 Å². The minimum atomic E-state index is 0.215. The van der Waals surface area contributed by atoms with Crippen molar-refractivity contribution in [3.8, 4) is 5.69 Å². The highest BCUT2D eigenvalue weighted by Crippen LogP contribution is 2.24. The predicted octanol–water partition coefficient (Wildman–Crippen LogP) is 3.40. The Hall–Kier alpha value is -1.40. The first-order valence-corrected chi connectivity index (χ1v) is 9.19. The summed E-state index contributed by atoms with van der Waals surface area (Å²) in [6.07, 6.45) is 3.65. The van der Waals surface area contributed by atoms with E-state index in [-0.39, 0.29) is 5.78 Å². The van der Waals surface area contributed by atoms with Gasteiger partial charge in [0.2, 0.25) is 0 Å². The molecule has 0 saturated carbocycles. The van der Waals surface area contributed by atoms with Gasteiger partial charge in [-0.05, 0) is 37.2 Å². The Bertz CT molecular complexity index is 727. The maximum atomic E-state index is 12.2.